The first-order chi connectivity index (χ1) is 25.9. The number of benzene rings is 1. The van der Waals surface area contributed by atoms with Gasteiger partial charge in [-0.25, -0.2) is 17.6 Å². The SMILES string of the molecule is C=CC(C)C(NC(=O)C1CCCN1C=O)C(=O)NS(=O)(=O)C1CC1.CC(CC(=O)NCC(C)(C)C)C1CCCCC1.COC(=O)N1Cc2cccc(F)c2C1. The summed E-state index contributed by atoms with van der Waals surface area (Å²) in [5.74, 6) is -0.392. The van der Waals surface area contributed by atoms with Crippen LogP contribution in [0, 0.1) is 29.0 Å². The van der Waals surface area contributed by atoms with Gasteiger partial charge in [0.2, 0.25) is 28.2 Å². The van der Waals surface area contributed by atoms with Gasteiger partial charge in [-0.05, 0) is 54.6 Å². The monoisotopic (exact) mass is 791 g/mol. The van der Waals surface area contributed by atoms with E-state index in [1.807, 2.05) is 10.8 Å². The van der Waals surface area contributed by atoms with Crippen LogP contribution >= 0.6 is 0 Å². The molecule has 15 heteroatoms. The Morgan fingerprint density at radius 1 is 1.02 bits per heavy atom. The smallest absolute Gasteiger partial charge is 0.410 e. The molecule has 4 unspecified atom stereocenters. The molecule has 2 heterocycles. The van der Waals surface area contributed by atoms with E-state index in [1.54, 1.807) is 13.0 Å². The third kappa shape index (κ3) is 14.2. The van der Waals surface area contributed by atoms with E-state index in [2.05, 4.69) is 49.6 Å². The Labute approximate surface area is 326 Å². The summed E-state index contributed by atoms with van der Waals surface area (Å²) in [5, 5.41) is 5.09. The quantitative estimate of drug-likeness (QED) is 0.192. The van der Waals surface area contributed by atoms with Crippen molar-refractivity contribution in [3.63, 3.8) is 0 Å². The van der Waals surface area contributed by atoms with Crippen molar-refractivity contribution in [2.75, 3.05) is 20.2 Å². The van der Waals surface area contributed by atoms with Crippen LogP contribution < -0.4 is 15.4 Å². The van der Waals surface area contributed by atoms with Crippen molar-refractivity contribution in [3.05, 3.63) is 47.8 Å². The summed E-state index contributed by atoms with van der Waals surface area (Å²) in [7, 11) is -2.37. The number of amides is 5. The zero-order valence-electron chi connectivity index (χ0n) is 33.4. The Morgan fingerprint density at radius 2 is 1.69 bits per heavy atom. The van der Waals surface area contributed by atoms with Crippen molar-refractivity contribution in [1.82, 2.24) is 25.2 Å². The van der Waals surface area contributed by atoms with E-state index >= 15 is 0 Å². The molecule has 55 heavy (non-hydrogen) atoms. The minimum absolute atomic E-state index is 0.184. The standard InChI is InChI=1S/C15H23N3O5S.C15H29NO.C10H10FNO2/c1-3-10(2)13(15(21)17-24(22,23)11-6-7-11)16-14(20)12-5-4-8-18(12)9-19;1-12(13-8-6-5-7-9-13)10-14(17)16-11-15(2,3)4;1-14-10(13)12-5-7-3-2-4-9(11)8(7)6-12/h3,9-13H,1,4-8H2,2H3,(H,16,20)(H,17,21);12-13H,5-11H2,1-4H3,(H,16,17);2-4H,5-6H2,1H3. The average Bonchev–Trinajstić information content (AvgIpc) is 3.76. The molecule has 0 spiro atoms. The van der Waals surface area contributed by atoms with Crippen molar-refractivity contribution in [2.24, 2.45) is 23.2 Å². The highest BCUT2D eigenvalue weighted by molar-refractivity contribution is 7.90. The van der Waals surface area contributed by atoms with Gasteiger partial charge in [0.15, 0.2) is 0 Å². The maximum Gasteiger partial charge on any atom is 0.410 e. The van der Waals surface area contributed by atoms with Gasteiger partial charge in [0.25, 0.3) is 5.91 Å². The Hall–Kier alpha value is -4.01. The molecule has 2 aliphatic carbocycles. The maximum absolute atomic E-state index is 13.3. The molecular weight excluding hydrogens is 730 g/mol. The van der Waals surface area contributed by atoms with Crippen LogP contribution in [0.15, 0.2) is 30.9 Å². The van der Waals surface area contributed by atoms with Crippen LogP contribution in [0.25, 0.3) is 0 Å². The molecule has 308 valence electrons. The van der Waals surface area contributed by atoms with E-state index in [-0.39, 0.29) is 17.1 Å². The first-order valence-electron chi connectivity index (χ1n) is 19.5. The molecule has 5 amide bonds. The summed E-state index contributed by atoms with van der Waals surface area (Å²) in [6.07, 6.45) is 11.4. The highest BCUT2D eigenvalue weighted by Crippen LogP contribution is 2.31. The van der Waals surface area contributed by atoms with E-state index in [4.69, 9.17) is 0 Å². The minimum Gasteiger partial charge on any atom is -0.453 e. The molecule has 5 rings (SSSR count). The number of hydrogen-bond acceptors (Lipinski definition) is 8. The minimum atomic E-state index is -3.70. The molecule has 1 aromatic rings. The van der Waals surface area contributed by atoms with Crippen LogP contribution in [0.1, 0.15) is 110 Å². The van der Waals surface area contributed by atoms with Gasteiger partial charge in [0.1, 0.15) is 17.9 Å². The third-order valence-corrected chi connectivity index (χ3v) is 12.4. The van der Waals surface area contributed by atoms with Crippen molar-refractivity contribution in [3.8, 4) is 0 Å². The fourth-order valence-electron chi connectivity index (χ4n) is 6.92. The number of nitrogens with zero attached hydrogens (tertiary/aromatic N) is 2. The molecule has 13 nitrogen and oxygen atoms in total. The van der Waals surface area contributed by atoms with Gasteiger partial charge >= 0.3 is 6.09 Å². The second-order valence-electron chi connectivity index (χ2n) is 16.4. The molecular formula is C40H62FN5O8S. The number of sulfonamides is 1. The number of nitrogens with one attached hydrogen (secondary N) is 3. The lowest BCUT2D eigenvalue weighted by Gasteiger charge is -2.27. The molecule has 1 saturated heterocycles. The molecule has 0 aromatic heterocycles. The Morgan fingerprint density at radius 3 is 2.25 bits per heavy atom. The highest BCUT2D eigenvalue weighted by Gasteiger charge is 2.40. The molecule has 3 fully saturated rings. The van der Waals surface area contributed by atoms with Crippen LogP contribution in [0.4, 0.5) is 9.18 Å². The van der Waals surface area contributed by atoms with Gasteiger partial charge in [-0.1, -0.05) is 84.9 Å². The van der Waals surface area contributed by atoms with Gasteiger partial charge in [-0.3, -0.25) is 28.8 Å². The Balaban J connectivity index is 0.000000231. The zero-order chi connectivity index (χ0) is 40.9. The predicted molar refractivity (Wildman–Crippen MR) is 208 cm³/mol. The Kier molecular flexibility index (Phi) is 17.1. The van der Waals surface area contributed by atoms with E-state index in [0.29, 0.717) is 69.6 Å². The van der Waals surface area contributed by atoms with Crippen LogP contribution in [-0.4, -0.2) is 86.0 Å². The van der Waals surface area contributed by atoms with Gasteiger partial charge in [-0.2, -0.15) is 0 Å². The predicted octanol–water partition coefficient (Wildman–Crippen LogP) is 5.19. The summed E-state index contributed by atoms with van der Waals surface area (Å²) in [4.78, 5) is 61.6. The molecule has 3 N–H and O–H groups in total. The topological polar surface area (TPSA) is 171 Å². The molecule has 2 saturated carbocycles. The van der Waals surface area contributed by atoms with E-state index in [1.165, 1.54) is 61.2 Å². The lowest BCUT2D eigenvalue weighted by molar-refractivity contribution is -0.134. The number of fused-ring (bicyclic) bond motifs is 1. The van der Waals surface area contributed by atoms with Crippen LogP contribution in [0.3, 0.4) is 0 Å². The van der Waals surface area contributed by atoms with Gasteiger partial charge in [0, 0.05) is 37.5 Å². The summed E-state index contributed by atoms with van der Waals surface area (Å²) < 4.78 is 43.7. The number of carbonyl (C=O) groups excluding carboxylic acids is 5. The molecule has 4 aliphatic rings. The van der Waals surface area contributed by atoms with E-state index in [0.717, 1.165) is 18.0 Å². The molecule has 0 radical (unpaired) electrons. The maximum atomic E-state index is 13.3. The number of ether oxygens (including phenoxy) is 1. The van der Waals surface area contributed by atoms with Crippen molar-refractivity contribution >= 4 is 40.2 Å². The van der Waals surface area contributed by atoms with Crippen LogP contribution in [0.5, 0.6) is 0 Å². The van der Waals surface area contributed by atoms with Crippen molar-refractivity contribution in [1.29, 1.82) is 0 Å². The van der Waals surface area contributed by atoms with Crippen LogP contribution in [-0.2, 0) is 47.0 Å². The van der Waals surface area contributed by atoms with E-state index < -0.39 is 51.2 Å². The first kappa shape index (κ1) is 45.4. The molecule has 0 bridgehead atoms. The fraction of sp³-hybridized carbons (Fsp3) is 0.675. The second-order valence-corrected chi connectivity index (χ2v) is 18.4. The third-order valence-electron chi connectivity index (χ3n) is 10.6. The first-order valence-corrected chi connectivity index (χ1v) is 21.0. The number of hydrogen-bond donors (Lipinski definition) is 3. The van der Waals surface area contributed by atoms with Crippen molar-refractivity contribution in [2.45, 2.75) is 129 Å². The number of likely N-dealkylation sites (tertiary alicyclic amines) is 1. The normalized spacial score (nSPS) is 19.9. The summed E-state index contributed by atoms with van der Waals surface area (Å²) in [6, 6.07) is 3.18. The van der Waals surface area contributed by atoms with Gasteiger partial charge < -0.3 is 20.3 Å². The van der Waals surface area contributed by atoms with E-state index in [9.17, 15) is 36.8 Å². The summed E-state index contributed by atoms with van der Waals surface area (Å²) >= 11 is 0. The highest BCUT2D eigenvalue weighted by atomic mass is 32.2. The lowest BCUT2D eigenvalue weighted by atomic mass is 9.79. The fourth-order valence-corrected chi connectivity index (χ4v) is 8.25. The number of halogens is 1. The Bertz CT molecular complexity index is 1610. The zero-order valence-corrected chi connectivity index (χ0v) is 34.2. The van der Waals surface area contributed by atoms with Crippen molar-refractivity contribution < 1.29 is 41.5 Å². The lowest BCUT2D eigenvalue weighted by Crippen LogP contribution is -2.55. The number of rotatable bonds is 12. The number of methoxy groups -OCH3 is 1. The van der Waals surface area contributed by atoms with Crippen LogP contribution in [0.2, 0.25) is 0 Å². The summed E-state index contributed by atoms with van der Waals surface area (Å²) in [6.45, 7) is 16.0. The molecule has 2 aliphatic heterocycles. The summed E-state index contributed by atoms with van der Waals surface area (Å²) in [5.41, 5.74) is 1.64. The molecule has 1 aromatic carbocycles. The second kappa shape index (κ2) is 20.8. The largest absolute Gasteiger partial charge is 0.453 e. The average molecular weight is 792 g/mol. The van der Waals surface area contributed by atoms with Gasteiger partial charge in [-0.15, -0.1) is 6.58 Å². The number of carbonyl (C=O) groups is 5. The molecule has 4 atom stereocenters. The van der Waals surface area contributed by atoms with Gasteiger partial charge in [0.05, 0.1) is 18.9 Å².